The Morgan fingerprint density at radius 1 is 1.46 bits per heavy atom. The van der Waals surface area contributed by atoms with Crippen LogP contribution in [0.5, 0.6) is 0 Å². The van der Waals surface area contributed by atoms with Crippen molar-refractivity contribution in [3.05, 3.63) is 12.7 Å². The fraction of sp³-hybridized carbons (Fsp3) is 0.600. The molecule has 0 unspecified atom stereocenters. The first-order valence-electron chi connectivity index (χ1n) is 4.42. The molecule has 0 radical (unpaired) electrons. The maximum atomic E-state index is 11.2. The Morgan fingerprint density at radius 2 is 2.08 bits per heavy atom. The molecule has 13 heavy (non-hydrogen) atoms. The number of unbranched alkanes of at least 4 members (excludes halogenated alkanes) is 1. The van der Waals surface area contributed by atoms with Crippen LogP contribution in [-0.4, -0.2) is 30.2 Å². The topological polar surface area (TPSA) is 37.4 Å². The average molecular weight is 183 g/mol. The molecule has 0 rings (SSSR count). The molecule has 0 aromatic rings. The molecule has 0 aromatic heterocycles. The van der Waals surface area contributed by atoms with Gasteiger partial charge in [0.15, 0.2) is 0 Å². The van der Waals surface area contributed by atoms with E-state index < -0.39 is 0 Å². The predicted molar refractivity (Wildman–Crippen MR) is 52.4 cm³/mol. The van der Waals surface area contributed by atoms with Gasteiger partial charge in [-0.1, -0.05) is 6.08 Å². The Kier molecular flexibility index (Phi) is 5.85. The van der Waals surface area contributed by atoms with Crippen molar-refractivity contribution in [2.75, 3.05) is 13.6 Å². The number of nitrogens with zero attached hydrogens (tertiary/aromatic N) is 1. The van der Waals surface area contributed by atoms with E-state index in [0.717, 1.165) is 12.8 Å². The van der Waals surface area contributed by atoms with Gasteiger partial charge in [-0.05, 0) is 19.8 Å². The van der Waals surface area contributed by atoms with Crippen molar-refractivity contribution < 1.29 is 9.59 Å². The highest BCUT2D eigenvalue weighted by Crippen LogP contribution is 1.96. The Morgan fingerprint density at radius 3 is 2.54 bits per heavy atom. The summed E-state index contributed by atoms with van der Waals surface area (Å²) in [4.78, 5) is 23.4. The zero-order valence-electron chi connectivity index (χ0n) is 8.38. The Labute approximate surface area is 79.4 Å². The van der Waals surface area contributed by atoms with Crippen LogP contribution in [0.1, 0.15) is 26.2 Å². The van der Waals surface area contributed by atoms with Crippen molar-refractivity contribution in [1.29, 1.82) is 0 Å². The molecule has 3 heteroatoms. The second kappa shape index (κ2) is 6.40. The number of hydrogen-bond donors (Lipinski definition) is 0. The summed E-state index contributed by atoms with van der Waals surface area (Å²) in [7, 11) is 1.72. The van der Waals surface area contributed by atoms with Crippen LogP contribution in [0.2, 0.25) is 0 Å². The molecule has 0 atom stereocenters. The summed E-state index contributed by atoms with van der Waals surface area (Å²) in [6, 6.07) is 0. The summed E-state index contributed by atoms with van der Waals surface area (Å²) >= 11 is 0. The number of amides is 1. The standard InChI is InChI=1S/C10H17NO2/c1-4-5-6-7-11(3)10(13)8-9(2)12/h4H,1,5-8H2,2-3H3. The predicted octanol–water partition coefficient (Wildman–Crippen LogP) is 1.39. The molecular weight excluding hydrogens is 166 g/mol. The molecule has 0 aliphatic rings. The first kappa shape index (κ1) is 11.9. The van der Waals surface area contributed by atoms with Crippen molar-refractivity contribution in [3.63, 3.8) is 0 Å². The molecule has 0 saturated carbocycles. The van der Waals surface area contributed by atoms with E-state index in [1.54, 1.807) is 11.9 Å². The minimum atomic E-state index is -0.100. The van der Waals surface area contributed by atoms with Crippen molar-refractivity contribution >= 4 is 11.7 Å². The monoisotopic (exact) mass is 183 g/mol. The van der Waals surface area contributed by atoms with Gasteiger partial charge in [-0.15, -0.1) is 6.58 Å². The summed E-state index contributed by atoms with van der Waals surface area (Å²) < 4.78 is 0. The van der Waals surface area contributed by atoms with E-state index in [4.69, 9.17) is 0 Å². The van der Waals surface area contributed by atoms with E-state index in [1.165, 1.54) is 6.92 Å². The molecule has 74 valence electrons. The minimum Gasteiger partial charge on any atom is -0.345 e. The molecular formula is C10H17NO2. The highest BCUT2D eigenvalue weighted by molar-refractivity contribution is 5.96. The first-order valence-corrected chi connectivity index (χ1v) is 4.42. The molecule has 0 saturated heterocycles. The van der Waals surface area contributed by atoms with E-state index in [0.29, 0.717) is 6.54 Å². The lowest BCUT2D eigenvalue weighted by atomic mass is 10.2. The molecule has 0 bridgehead atoms. The van der Waals surface area contributed by atoms with Gasteiger partial charge < -0.3 is 4.90 Å². The van der Waals surface area contributed by atoms with E-state index in [1.807, 2.05) is 6.08 Å². The van der Waals surface area contributed by atoms with Crippen LogP contribution >= 0.6 is 0 Å². The van der Waals surface area contributed by atoms with Crippen LogP contribution in [0.25, 0.3) is 0 Å². The van der Waals surface area contributed by atoms with Crippen LogP contribution in [0.3, 0.4) is 0 Å². The normalized spacial score (nSPS) is 9.38. The van der Waals surface area contributed by atoms with Crippen molar-refractivity contribution in [2.24, 2.45) is 0 Å². The zero-order valence-corrected chi connectivity index (χ0v) is 8.38. The lowest BCUT2D eigenvalue weighted by molar-refractivity contribution is -0.133. The average Bonchev–Trinajstić information content (AvgIpc) is 2.03. The Hall–Kier alpha value is -1.12. The van der Waals surface area contributed by atoms with Crippen LogP contribution in [-0.2, 0) is 9.59 Å². The fourth-order valence-corrected chi connectivity index (χ4v) is 0.945. The van der Waals surface area contributed by atoms with Gasteiger partial charge in [-0.25, -0.2) is 0 Å². The zero-order chi connectivity index (χ0) is 10.3. The third-order valence-electron chi connectivity index (χ3n) is 1.73. The number of hydrogen-bond acceptors (Lipinski definition) is 2. The molecule has 0 N–H and O–H groups in total. The number of rotatable bonds is 6. The number of allylic oxidation sites excluding steroid dienone is 1. The second-order valence-electron chi connectivity index (χ2n) is 3.12. The Balaban J connectivity index is 3.68. The van der Waals surface area contributed by atoms with Gasteiger partial charge in [0.2, 0.25) is 5.91 Å². The van der Waals surface area contributed by atoms with Gasteiger partial charge in [0, 0.05) is 13.6 Å². The van der Waals surface area contributed by atoms with Gasteiger partial charge in [0.05, 0.1) is 6.42 Å². The van der Waals surface area contributed by atoms with E-state index in [-0.39, 0.29) is 18.1 Å². The van der Waals surface area contributed by atoms with Crippen LogP contribution in [0.4, 0.5) is 0 Å². The van der Waals surface area contributed by atoms with Gasteiger partial charge in [-0.2, -0.15) is 0 Å². The summed E-state index contributed by atoms with van der Waals surface area (Å²) in [5.41, 5.74) is 0. The maximum Gasteiger partial charge on any atom is 0.229 e. The van der Waals surface area contributed by atoms with Crippen LogP contribution < -0.4 is 0 Å². The van der Waals surface area contributed by atoms with Crippen LogP contribution in [0.15, 0.2) is 12.7 Å². The van der Waals surface area contributed by atoms with Gasteiger partial charge in [0.25, 0.3) is 0 Å². The van der Waals surface area contributed by atoms with Gasteiger partial charge in [0.1, 0.15) is 5.78 Å². The highest BCUT2D eigenvalue weighted by Gasteiger charge is 2.09. The van der Waals surface area contributed by atoms with E-state index in [2.05, 4.69) is 6.58 Å². The summed E-state index contributed by atoms with van der Waals surface area (Å²) in [6.45, 7) is 5.71. The number of carbonyl (C=O) groups is 2. The van der Waals surface area contributed by atoms with E-state index in [9.17, 15) is 9.59 Å². The number of Topliss-reactive ketones (excluding diaryl/α,β-unsaturated/α-hetero) is 1. The van der Waals surface area contributed by atoms with Crippen molar-refractivity contribution in [1.82, 2.24) is 4.90 Å². The highest BCUT2D eigenvalue weighted by atomic mass is 16.2. The number of carbonyl (C=O) groups excluding carboxylic acids is 2. The minimum absolute atomic E-state index is 0.0184. The molecule has 0 aliphatic carbocycles. The summed E-state index contributed by atoms with van der Waals surface area (Å²) in [5, 5.41) is 0. The molecule has 0 heterocycles. The van der Waals surface area contributed by atoms with Gasteiger partial charge in [-0.3, -0.25) is 9.59 Å². The fourth-order valence-electron chi connectivity index (χ4n) is 0.945. The first-order chi connectivity index (χ1) is 6.07. The molecule has 0 spiro atoms. The van der Waals surface area contributed by atoms with Crippen molar-refractivity contribution in [2.45, 2.75) is 26.2 Å². The SMILES string of the molecule is C=CCCCN(C)C(=O)CC(C)=O. The lowest BCUT2D eigenvalue weighted by Gasteiger charge is -2.15. The smallest absolute Gasteiger partial charge is 0.229 e. The molecule has 3 nitrogen and oxygen atoms in total. The molecule has 0 aromatic carbocycles. The van der Waals surface area contributed by atoms with Crippen LogP contribution in [0, 0.1) is 0 Å². The van der Waals surface area contributed by atoms with E-state index >= 15 is 0 Å². The maximum absolute atomic E-state index is 11.2. The third kappa shape index (κ3) is 6.08. The third-order valence-corrected chi connectivity index (χ3v) is 1.73. The molecule has 0 fully saturated rings. The largest absolute Gasteiger partial charge is 0.345 e. The summed E-state index contributed by atoms with van der Waals surface area (Å²) in [6.07, 6.45) is 3.65. The second-order valence-corrected chi connectivity index (χ2v) is 3.12. The molecule has 0 aliphatic heterocycles. The van der Waals surface area contributed by atoms with Crippen molar-refractivity contribution in [3.8, 4) is 0 Å². The number of ketones is 1. The quantitative estimate of drug-likeness (QED) is 0.354. The van der Waals surface area contributed by atoms with Gasteiger partial charge >= 0.3 is 0 Å². The summed E-state index contributed by atoms with van der Waals surface area (Å²) in [5.74, 6) is -0.183. The lowest BCUT2D eigenvalue weighted by Crippen LogP contribution is -2.28. The molecule has 1 amide bonds. The Bertz CT molecular complexity index is 199.